The molecule has 0 saturated carbocycles. The average molecular weight is 396 g/mol. The number of benzene rings is 2. The summed E-state index contributed by atoms with van der Waals surface area (Å²) in [5.74, 6) is 0.465. The van der Waals surface area contributed by atoms with E-state index in [-0.39, 0.29) is 5.91 Å². The van der Waals surface area contributed by atoms with Crippen LogP contribution in [0.25, 0.3) is 0 Å². The maximum Gasteiger partial charge on any atom is 0.257 e. The second-order valence-corrected chi connectivity index (χ2v) is 6.69. The van der Waals surface area contributed by atoms with Crippen LogP contribution in [0.2, 0.25) is 0 Å². The van der Waals surface area contributed by atoms with Crippen molar-refractivity contribution in [3.8, 4) is 11.8 Å². The van der Waals surface area contributed by atoms with Crippen molar-refractivity contribution in [2.45, 2.75) is 32.7 Å². The molecule has 2 rings (SSSR count). The van der Waals surface area contributed by atoms with E-state index >= 15 is 0 Å². The highest BCUT2D eigenvalue weighted by Gasteiger charge is 2.14. The highest BCUT2D eigenvalue weighted by molar-refractivity contribution is 7.80. The largest absolute Gasteiger partial charge is 0.494 e. The van der Waals surface area contributed by atoms with Gasteiger partial charge in [-0.25, -0.2) is 0 Å². The van der Waals surface area contributed by atoms with Gasteiger partial charge < -0.3 is 9.64 Å². The highest BCUT2D eigenvalue weighted by Crippen LogP contribution is 2.13. The molecule has 0 bridgehead atoms. The van der Waals surface area contributed by atoms with Crippen molar-refractivity contribution in [3.05, 3.63) is 65.7 Å². The third-order valence-corrected chi connectivity index (χ3v) is 4.46. The van der Waals surface area contributed by atoms with Gasteiger partial charge in [-0.1, -0.05) is 43.7 Å². The Labute approximate surface area is 171 Å². The number of hydrogen-bond donors (Lipinski definition) is 1. The average Bonchev–Trinajstić information content (AvgIpc) is 2.72. The predicted molar refractivity (Wildman–Crippen MR) is 114 cm³/mol. The van der Waals surface area contributed by atoms with Crippen molar-refractivity contribution in [1.82, 2.24) is 10.2 Å². The number of unbranched alkanes of at least 4 members (excludes halogenated alkanes) is 1. The van der Waals surface area contributed by atoms with Crippen LogP contribution < -0.4 is 10.1 Å². The molecule has 0 atom stereocenters. The van der Waals surface area contributed by atoms with Crippen LogP contribution >= 0.6 is 12.2 Å². The first-order valence-electron chi connectivity index (χ1n) is 9.38. The first kappa shape index (κ1) is 21.4. The number of carbonyl (C=O) groups is 1. The van der Waals surface area contributed by atoms with Crippen LogP contribution in [0.3, 0.4) is 0 Å². The van der Waals surface area contributed by atoms with Gasteiger partial charge >= 0.3 is 0 Å². The number of nitrogens with one attached hydrogen (secondary N) is 1. The summed E-state index contributed by atoms with van der Waals surface area (Å²) in [7, 11) is 0. The standard InChI is InChI=1S/C22H25N3O2S/c1-2-3-16-27-20-12-10-19(11-13-20)21(26)24-22(28)25(15-7-14-23)17-18-8-5-4-6-9-18/h4-6,8-13H,2-3,7,15-17H2,1H3,(H,24,26,28). The van der Waals surface area contributed by atoms with E-state index in [0.29, 0.717) is 36.8 Å². The maximum absolute atomic E-state index is 12.5. The number of rotatable bonds is 9. The first-order chi connectivity index (χ1) is 13.6. The molecular formula is C22H25N3O2S. The number of carbonyl (C=O) groups excluding carboxylic acids is 1. The minimum atomic E-state index is -0.278. The maximum atomic E-state index is 12.5. The van der Waals surface area contributed by atoms with Crippen LogP contribution in [0.1, 0.15) is 42.1 Å². The molecule has 2 aromatic rings. The summed E-state index contributed by atoms with van der Waals surface area (Å²) < 4.78 is 5.61. The van der Waals surface area contributed by atoms with Crippen molar-refractivity contribution in [2.24, 2.45) is 0 Å². The topological polar surface area (TPSA) is 65.4 Å². The normalized spacial score (nSPS) is 10.0. The summed E-state index contributed by atoms with van der Waals surface area (Å²) in [6, 6.07) is 18.9. The molecule has 2 aromatic carbocycles. The fourth-order valence-corrected chi connectivity index (χ4v) is 2.77. The van der Waals surface area contributed by atoms with Crippen LogP contribution in [0.15, 0.2) is 54.6 Å². The Kier molecular flexibility index (Phi) is 8.96. The molecule has 0 saturated heterocycles. The first-order valence-corrected chi connectivity index (χ1v) is 9.79. The lowest BCUT2D eigenvalue weighted by Gasteiger charge is -2.24. The molecule has 0 aliphatic heterocycles. The van der Waals surface area contributed by atoms with E-state index in [9.17, 15) is 4.79 Å². The van der Waals surface area contributed by atoms with E-state index in [4.69, 9.17) is 22.2 Å². The SMILES string of the molecule is CCCCOc1ccc(C(=O)NC(=S)N(CCC#N)Cc2ccccc2)cc1. The number of thiocarbonyl (C=S) groups is 1. The van der Waals surface area contributed by atoms with Gasteiger partial charge in [0.1, 0.15) is 5.75 Å². The Bertz CT molecular complexity index is 801. The van der Waals surface area contributed by atoms with Gasteiger partial charge in [-0.2, -0.15) is 5.26 Å². The lowest BCUT2D eigenvalue weighted by Crippen LogP contribution is -2.42. The van der Waals surface area contributed by atoms with Crippen molar-refractivity contribution in [3.63, 3.8) is 0 Å². The number of nitriles is 1. The van der Waals surface area contributed by atoms with Gasteiger partial charge in [0.15, 0.2) is 5.11 Å². The fourth-order valence-electron chi connectivity index (χ4n) is 2.53. The zero-order valence-electron chi connectivity index (χ0n) is 16.1. The Morgan fingerprint density at radius 2 is 1.89 bits per heavy atom. The molecule has 0 aliphatic carbocycles. The molecule has 146 valence electrons. The van der Waals surface area contributed by atoms with E-state index in [0.717, 1.165) is 24.2 Å². The smallest absolute Gasteiger partial charge is 0.257 e. The third kappa shape index (κ3) is 7.01. The van der Waals surface area contributed by atoms with Crippen LogP contribution in [0, 0.1) is 11.3 Å². The molecule has 0 unspecified atom stereocenters. The van der Waals surface area contributed by atoms with Crippen molar-refractivity contribution in [2.75, 3.05) is 13.2 Å². The van der Waals surface area contributed by atoms with E-state index in [1.54, 1.807) is 24.3 Å². The lowest BCUT2D eigenvalue weighted by molar-refractivity contribution is 0.0973. The predicted octanol–water partition coefficient (Wildman–Crippen LogP) is 4.30. The Morgan fingerprint density at radius 3 is 2.54 bits per heavy atom. The molecule has 0 heterocycles. The monoisotopic (exact) mass is 395 g/mol. The van der Waals surface area contributed by atoms with Gasteiger partial charge in [0.2, 0.25) is 0 Å². The summed E-state index contributed by atoms with van der Waals surface area (Å²) in [5, 5.41) is 12.0. The molecule has 0 aliphatic rings. The van der Waals surface area contributed by atoms with Crippen LogP contribution in [0.4, 0.5) is 0 Å². The Balaban J connectivity index is 1.97. The summed E-state index contributed by atoms with van der Waals surface area (Å²) in [5.41, 5.74) is 1.57. The molecule has 0 fully saturated rings. The van der Waals surface area contributed by atoms with Gasteiger partial charge in [0, 0.05) is 18.7 Å². The van der Waals surface area contributed by atoms with Gasteiger partial charge in [0.25, 0.3) is 5.91 Å². The molecule has 5 nitrogen and oxygen atoms in total. The summed E-state index contributed by atoms with van der Waals surface area (Å²) in [6.45, 7) is 3.76. The molecule has 1 amide bonds. The molecule has 1 N–H and O–H groups in total. The molecule has 0 spiro atoms. The van der Waals surface area contributed by atoms with Crippen molar-refractivity contribution >= 4 is 23.2 Å². The minimum absolute atomic E-state index is 0.278. The third-order valence-electron chi connectivity index (χ3n) is 4.10. The Morgan fingerprint density at radius 1 is 1.18 bits per heavy atom. The number of hydrogen-bond acceptors (Lipinski definition) is 4. The highest BCUT2D eigenvalue weighted by atomic mass is 32.1. The molecule has 0 radical (unpaired) electrons. The zero-order valence-corrected chi connectivity index (χ0v) is 16.9. The second kappa shape index (κ2) is 11.7. The van der Waals surface area contributed by atoms with Crippen molar-refractivity contribution < 1.29 is 9.53 Å². The molecular weight excluding hydrogens is 370 g/mol. The van der Waals surface area contributed by atoms with E-state index in [1.807, 2.05) is 35.2 Å². The molecule has 28 heavy (non-hydrogen) atoms. The number of amides is 1. The van der Waals surface area contributed by atoms with E-state index < -0.39 is 0 Å². The molecule has 0 aromatic heterocycles. The minimum Gasteiger partial charge on any atom is -0.494 e. The summed E-state index contributed by atoms with van der Waals surface area (Å²) in [6.07, 6.45) is 2.40. The van der Waals surface area contributed by atoms with Gasteiger partial charge in [-0.15, -0.1) is 0 Å². The van der Waals surface area contributed by atoms with Crippen molar-refractivity contribution in [1.29, 1.82) is 5.26 Å². The second-order valence-electron chi connectivity index (χ2n) is 6.30. The van der Waals surface area contributed by atoms with Crippen LogP contribution in [-0.4, -0.2) is 29.1 Å². The quantitative estimate of drug-likeness (QED) is 0.507. The molecule has 6 heteroatoms. The number of nitrogens with zero attached hydrogens (tertiary/aromatic N) is 2. The zero-order chi connectivity index (χ0) is 20.2. The lowest BCUT2D eigenvalue weighted by atomic mass is 10.2. The van der Waals surface area contributed by atoms with Gasteiger partial charge in [0.05, 0.1) is 19.1 Å². The number of ether oxygens (including phenoxy) is 1. The fraction of sp³-hybridized carbons (Fsp3) is 0.318. The Hall–Kier alpha value is -2.91. The van der Waals surface area contributed by atoms with E-state index in [2.05, 4.69) is 18.3 Å². The summed E-state index contributed by atoms with van der Waals surface area (Å²) >= 11 is 5.42. The van der Waals surface area contributed by atoms with E-state index in [1.165, 1.54) is 0 Å². The van der Waals surface area contributed by atoms with Gasteiger partial charge in [-0.05, 0) is 48.5 Å². The summed E-state index contributed by atoms with van der Waals surface area (Å²) in [4.78, 5) is 14.4. The van der Waals surface area contributed by atoms with Crippen LogP contribution in [-0.2, 0) is 6.54 Å². The van der Waals surface area contributed by atoms with Crippen LogP contribution in [0.5, 0.6) is 5.75 Å². The van der Waals surface area contributed by atoms with Gasteiger partial charge in [-0.3, -0.25) is 10.1 Å².